The normalized spacial score (nSPS) is 32.7. The zero-order valence-electron chi connectivity index (χ0n) is 23.3. The molecule has 2 fully saturated rings. The molecule has 243 valence electrons. The maximum Gasteiger partial charge on any atom is 0.180 e. The van der Waals surface area contributed by atoms with E-state index in [0.29, 0.717) is 22.3 Å². The van der Waals surface area contributed by atoms with E-state index in [0.717, 1.165) is 0 Å². The molecule has 0 bridgehead atoms. The summed E-state index contributed by atoms with van der Waals surface area (Å²) in [5, 5.41) is 96.6. The van der Waals surface area contributed by atoms with Gasteiger partial charge < -0.3 is 60.5 Å². The van der Waals surface area contributed by atoms with Gasteiger partial charge in [0.05, 0.1) is 13.2 Å². The molecule has 15 heteroatoms. The summed E-state index contributed by atoms with van der Waals surface area (Å²) in [6.45, 7) is 2.42. The molecule has 0 aliphatic carbocycles. The van der Waals surface area contributed by atoms with E-state index in [1.165, 1.54) is 12.4 Å². The number of hydrogen-bond donors (Lipinski definition) is 10. The molecule has 0 saturated carbocycles. The first-order valence-electron chi connectivity index (χ1n) is 13.2. The Hall–Kier alpha value is -2.50. The maximum absolute atomic E-state index is 9.93. The number of aryl methyl sites for hydroxylation is 2. The van der Waals surface area contributed by atoms with Crippen molar-refractivity contribution in [3.63, 3.8) is 0 Å². The van der Waals surface area contributed by atoms with Gasteiger partial charge in [-0.3, -0.25) is 9.98 Å². The molecule has 14 nitrogen and oxygen atoms in total. The SMILES string of the molecule is Cc1cccc(C=N[C@H]2C(O)O[C@H](CO)[C@@H](O)[C@@H]2O)c1O.Cc1cccc(C=N[C@H]2C(O)O[C@H](CO)[C@@H](O)[C@@H]2O)c1O.[Cu]. The van der Waals surface area contributed by atoms with Crippen LogP contribution < -0.4 is 0 Å². The van der Waals surface area contributed by atoms with Crippen LogP contribution in [0.15, 0.2) is 46.4 Å². The zero-order chi connectivity index (χ0) is 31.1. The third-order valence-corrected chi connectivity index (χ3v) is 7.04. The molecule has 2 saturated heterocycles. The van der Waals surface area contributed by atoms with E-state index in [2.05, 4.69) is 9.98 Å². The minimum Gasteiger partial charge on any atom is -0.507 e. The number of nitrogens with zero attached hydrogens (tertiary/aromatic N) is 2. The van der Waals surface area contributed by atoms with Gasteiger partial charge in [-0.1, -0.05) is 24.3 Å². The van der Waals surface area contributed by atoms with E-state index in [9.17, 15) is 40.9 Å². The van der Waals surface area contributed by atoms with Crippen molar-refractivity contribution in [3.8, 4) is 11.5 Å². The summed E-state index contributed by atoms with van der Waals surface area (Å²) < 4.78 is 9.98. The number of benzene rings is 2. The second-order valence-corrected chi connectivity index (χ2v) is 10.0. The summed E-state index contributed by atoms with van der Waals surface area (Å²) in [6, 6.07) is 7.97. The van der Waals surface area contributed by atoms with Gasteiger partial charge in [0.2, 0.25) is 0 Å². The van der Waals surface area contributed by atoms with Crippen LogP contribution in [-0.2, 0) is 26.5 Å². The number of hydrogen-bond acceptors (Lipinski definition) is 14. The van der Waals surface area contributed by atoms with Crippen molar-refractivity contribution in [1.29, 1.82) is 0 Å². The molecule has 0 aromatic heterocycles. The first-order chi connectivity index (χ1) is 19.9. The van der Waals surface area contributed by atoms with E-state index in [1.54, 1.807) is 50.2 Å². The molecule has 10 N–H and O–H groups in total. The third-order valence-electron chi connectivity index (χ3n) is 7.04. The van der Waals surface area contributed by atoms with Crippen molar-refractivity contribution in [3.05, 3.63) is 58.7 Å². The Balaban J connectivity index is 0.000000293. The number of aliphatic hydroxyl groups is 8. The van der Waals surface area contributed by atoms with Crippen LogP contribution in [0.4, 0.5) is 0 Å². The van der Waals surface area contributed by atoms with Gasteiger partial charge in [-0.05, 0) is 37.1 Å². The van der Waals surface area contributed by atoms with Gasteiger partial charge in [-0.25, -0.2) is 0 Å². The van der Waals surface area contributed by atoms with Gasteiger partial charge in [0.15, 0.2) is 12.6 Å². The maximum atomic E-state index is 9.93. The van der Waals surface area contributed by atoms with Crippen molar-refractivity contribution < 1.29 is 77.6 Å². The summed E-state index contributed by atoms with van der Waals surface area (Å²) in [7, 11) is 0. The zero-order valence-corrected chi connectivity index (χ0v) is 24.2. The van der Waals surface area contributed by atoms with Crippen LogP contribution in [0, 0.1) is 13.8 Å². The van der Waals surface area contributed by atoms with Crippen LogP contribution in [0.1, 0.15) is 22.3 Å². The van der Waals surface area contributed by atoms with Gasteiger partial charge in [0, 0.05) is 40.6 Å². The number of aliphatic hydroxyl groups excluding tert-OH is 8. The first kappa shape index (κ1) is 36.7. The minimum atomic E-state index is -1.45. The Morgan fingerprint density at radius 2 is 0.977 bits per heavy atom. The van der Waals surface area contributed by atoms with Crippen LogP contribution >= 0.6 is 0 Å². The topological polar surface area (TPSA) is 245 Å². The molecule has 0 amide bonds. The fourth-order valence-electron chi connectivity index (χ4n) is 4.39. The van der Waals surface area contributed by atoms with E-state index >= 15 is 0 Å². The Kier molecular flexibility index (Phi) is 14.1. The Labute approximate surface area is 258 Å². The van der Waals surface area contributed by atoms with E-state index in [4.69, 9.17) is 19.7 Å². The molecule has 2 aromatic carbocycles. The van der Waals surface area contributed by atoms with E-state index in [-0.39, 0.29) is 28.6 Å². The molecule has 2 aliphatic heterocycles. The predicted octanol–water partition coefficient (Wildman–Crippen LogP) is -2.16. The second kappa shape index (κ2) is 16.5. The van der Waals surface area contributed by atoms with Crippen molar-refractivity contribution in [1.82, 2.24) is 0 Å². The number of phenols is 2. The third kappa shape index (κ3) is 8.79. The summed E-state index contributed by atoms with van der Waals surface area (Å²) in [4.78, 5) is 7.97. The Morgan fingerprint density at radius 1 is 0.628 bits per heavy atom. The van der Waals surface area contributed by atoms with Crippen LogP contribution in [0.25, 0.3) is 0 Å². The molecule has 2 aromatic rings. The molecule has 2 unspecified atom stereocenters. The smallest absolute Gasteiger partial charge is 0.180 e. The minimum absolute atomic E-state index is 0. The summed E-state index contributed by atoms with van der Waals surface area (Å²) in [6.07, 6.45) is -7.90. The average Bonchev–Trinajstić information content (AvgIpc) is 2.97. The molecular formula is C28H38CuN2O12. The number of para-hydroxylation sites is 2. The van der Waals surface area contributed by atoms with Gasteiger partial charge in [-0.15, -0.1) is 0 Å². The monoisotopic (exact) mass is 657 g/mol. The van der Waals surface area contributed by atoms with Crippen LogP contribution in [0.5, 0.6) is 11.5 Å². The molecule has 1 radical (unpaired) electrons. The Morgan fingerprint density at radius 3 is 1.30 bits per heavy atom. The van der Waals surface area contributed by atoms with Gasteiger partial charge in [0.25, 0.3) is 0 Å². The quantitative estimate of drug-likeness (QED) is 0.118. The standard InChI is InChI=1S/2C14H19NO6.Cu/c2*1-7-3-2-4-8(11(7)17)5-15-10-13(19)12(18)9(6-16)21-14(10)20;/h2*2-5,9-10,12-14,16-20H,6H2,1H3;/t2*9-,10-,12-,13-,14?;/m11./s1. The van der Waals surface area contributed by atoms with Gasteiger partial charge in [-0.2, -0.15) is 0 Å². The average molecular weight is 658 g/mol. The van der Waals surface area contributed by atoms with Crippen LogP contribution in [0.2, 0.25) is 0 Å². The van der Waals surface area contributed by atoms with Crippen molar-refractivity contribution in [2.24, 2.45) is 9.98 Å². The van der Waals surface area contributed by atoms with Crippen molar-refractivity contribution in [2.75, 3.05) is 13.2 Å². The number of aromatic hydroxyl groups is 2. The molecule has 43 heavy (non-hydrogen) atoms. The summed E-state index contributed by atoms with van der Waals surface area (Å²) in [5.41, 5.74) is 2.18. The molecular weight excluding hydrogens is 620 g/mol. The van der Waals surface area contributed by atoms with Crippen LogP contribution in [0.3, 0.4) is 0 Å². The van der Waals surface area contributed by atoms with Gasteiger partial charge >= 0.3 is 0 Å². The predicted molar refractivity (Wildman–Crippen MR) is 148 cm³/mol. The number of rotatable bonds is 6. The van der Waals surface area contributed by atoms with Crippen molar-refractivity contribution in [2.45, 2.75) is 75.1 Å². The number of ether oxygens (including phenoxy) is 2. The molecule has 4 rings (SSSR count). The van der Waals surface area contributed by atoms with Crippen LogP contribution in [-0.4, -0.2) is 138 Å². The molecule has 10 atom stereocenters. The van der Waals surface area contributed by atoms with E-state index < -0.39 is 74.5 Å². The summed E-state index contributed by atoms with van der Waals surface area (Å²) in [5.74, 6) is 0.103. The second-order valence-electron chi connectivity index (χ2n) is 10.0. The van der Waals surface area contributed by atoms with Crippen molar-refractivity contribution >= 4 is 12.4 Å². The number of aliphatic imine (C=N–C) groups is 2. The molecule has 2 heterocycles. The first-order valence-corrected chi connectivity index (χ1v) is 13.2. The fourth-order valence-corrected chi connectivity index (χ4v) is 4.39. The summed E-state index contributed by atoms with van der Waals surface area (Å²) >= 11 is 0. The fraction of sp³-hybridized carbons (Fsp3) is 0.500. The number of phenolic OH excluding ortho intramolecular Hbond substituents is 2. The van der Waals surface area contributed by atoms with Gasteiger partial charge in [0.1, 0.15) is 60.2 Å². The Bertz CT molecular complexity index is 1140. The largest absolute Gasteiger partial charge is 0.507 e. The van der Waals surface area contributed by atoms with E-state index in [1.807, 2.05) is 0 Å². The molecule has 2 aliphatic rings. The molecule has 0 spiro atoms.